The van der Waals surface area contributed by atoms with Gasteiger partial charge in [-0.3, -0.25) is 0 Å². The normalized spacial score (nSPS) is 12.4. The van der Waals surface area contributed by atoms with Gasteiger partial charge in [-0.25, -0.2) is 4.79 Å². The van der Waals surface area contributed by atoms with Gasteiger partial charge in [-0.15, -0.1) is 0 Å². The zero-order valence-corrected chi connectivity index (χ0v) is 15.4. The van der Waals surface area contributed by atoms with Crippen molar-refractivity contribution < 1.29 is 14.8 Å². The molecule has 26 heavy (non-hydrogen) atoms. The lowest BCUT2D eigenvalue weighted by atomic mass is 10.0. The zero-order chi connectivity index (χ0) is 18.5. The predicted octanol–water partition coefficient (Wildman–Crippen LogP) is 3.15. The molecule has 1 aromatic heterocycles. The highest BCUT2D eigenvalue weighted by Gasteiger charge is 2.13. The van der Waals surface area contributed by atoms with Gasteiger partial charge in [-0.2, -0.15) is 0 Å². The van der Waals surface area contributed by atoms with Gasteiger partial charge in [0.1, 0.15) is 17.9 Å². The third-order valence-corrected chi connectivity index (χ3v) is 4.88. The number of quaternary nitrogens is 1. The van der Waals surface area contributed by atoms with Gasteiger partial charge in [-0.05, 0) is 37.0 Å². The maximum Gasteiger partial charge on any atom is 0.336 e. The van der Waals surface area contributed by atoms with Crippen LogP contribution in [0.1, 0.15) is 37.0 Å². The summed E-state index contributed by atoms with van der Waals surface area (Å²) in [6, 6.07) is 16.0. The number of benzene rings is 2. The molecule has 3 aromatic rings. The van der Waals surface area contributed by atoms with E-state index in [1.54, 1.807) is 12.1 Å². The van der Waals surface area contributed by atoms with Crippen LogP contribution in [-0.4, -0.2) is 11.1 Å². The first kappa shape index (κ1) is 18.2. The monoisotopic (exact) mass is 352 g/mol. The van der Waals surface area contributed by atoms with E-state index in [1.165, 1.54) is 5.56 Å². The molecule has 3 N–H and O–H groups in total. The molecule has 4 heteroatoms. The second-order valence-corrected chi connectivity index (χ2v) is 6.86. The summed E-state index contributed by atoms with van der Waals surface area (Å²) in [6.45, 7) is 4.92. The third-order valence-electron chi connectivity index (χ3n) is 4.88. The van der Waals surface area contributed by atoms with Gasteiger partial charge in [0.2, 0.25) is 0 Å². The molecule has 0 aliphatic carbocycles. The standard InChI is InChI=1S/C22H25NO3/c1-3-17-11-19-18(12-22(25)26-21(19)13-20(17)24)14-23-15(2)9-10-16-7-5-4-6-8-16/h4-8,11-13,15,23-24H,3,9-10,14H2,1-2H3/p+1/t15-/m0/s1. The lowest BCUT2D eigenvalue weighted by molar-refractivity contribution is -0.701. The summed E-state index contributed by atoms with van der Waals surface area (Å²) in [5, 5.41) is 13.2. The second-order valence-electron chi connectivity index (χ2n) is 6.86. The molecule has 0 unspecified atom stereocenters. The van der Waals surface area contributed by atoms with Crippen molar-refractivity contribution in [3.05, 3.63) is 75.6 Å². The van der Waals surface area contributed by atoms with Gasteiger partial charge < -0.3 is 14.8 Å². The van der Waals surface area contributed by atoms with Crippen molar-refractivity contribution in [2.45, 2.75) is 45.7 Å². The third kappa shape index (κ3) is 4.33. The van der Waals surface area contributed by atoms with Gasteiger partial charge in [-0.1, -0.05) is 37.3 Å². The first-order valence-electron chi connectivity index (χ1n) is 9.22. The van der Waals surface area contributed by atoms with Crippen LogP contribution >= 0.6 is 0 Å². The van der Waals surface area contributed by atoms with E-state index < -0.39 is 0 Å². The number of aryl methyl sites for hydroxylation is 2. The van der Waals surface area contributed by atoms with E-state index in [0.717, 1.165) is 35.8 Å². The van der Waals surface area contributed by atoms with E-state index >= 15 is 0 Å². The van der Waals surface area contributed by atoms with E-state index in [-0.39, 0.29) is 11.4 Å². The molecule has 136 valence electrons. The van der Waals surface area contributed by atoms with Gasteiger partial charge in [0.25, 0.3) is 0 Å². The van der Waals surface area contributed by atoms with Crippen LogP contribution in [0, 0.1) is 0 Å². The molecule has 0 bridgehead atoms. The minimum absolute atomic E-state index is 0.181. The van der Waals surface area contributed by atoms with Crippen molar-refractivity contribution in [1.29, 1.82) is 0 Å². The molecule has 3 rings (SSSR count). The van der Waals surface area contributed by atoms with E-state index in [9.17, 15) is 9.90 Å². The fraction of sp³-hybridized carbons (Fsp3) is 0.318. The zero-order valence-electron chi connectivity index (χ0n) is 15.4. The molecule has 0 saturated heterocycles. The van der Waals surface area contributed by atoms with Gasteiger partial charge in [0.15, 0.2) is 0 Å². The Bertz CT molecular complexity index is 931. The molecule has 0 spiro atoms. The molecule has 1 heterocycles. The van der Waals surface area contributed by atoms with Crippen molar-refractivity contribution in [2.75, 3.05) is 0 Å². The average molecular weight is 352 g/mol. The summed E-state index contributed by atoms with van der Waals surface area (Å²) in [7, 11) is 0. The SMILES string of the molecule is CCc1cc2c(C[NH2+][C@@H](C)CCc3ccccc3)cc(=O)oc2cc1O. The Kier molecular flexibility index (Phi) is 5.74. The Morgan fingerprint density at radius 3 is 2.62 bits per heavy atom. The number of phenols is 1. The highest BCUT2D eigenvalue weighted by molar-refractivity contribution is 5.82. The van der Waals surface area contributed by atoms with Crippen molar-refractivity contribution in [2.24, 2.45) is 0 Å². The molecular formula is C22H26NO3+. The summed E-state index contributed by atoms with van der Waals surface area (Å²) >= 11 is 0. The minimum atomic E-state index is -0.374. The van der Waals surface area contributed by atoms with Gasteiger partial charge >= 0.3 is 5.63 Å². The van der Waals surface area contributed by atoms with Crippen LogP contribution in [0.5, 0.6) is 5.75 Å². The van der Waals surface area contributed by atoms with Crippen LogP contribution in [0.2, 0.25) is 0 Å². The summed E-state index contributed by atoms with van der Waals surface area (Å²) in [5.74, 6) is 0.181. The molecule has 0 amide bonds. The van der Waals surface area contributed by atoms with Crippen LogP contribution in [0.4, 0.5) is 0 Å². The summed E-state index contributed by atoms with van der Waals surface area (Å²) in [4.78, 5) is 11.9. The number of rotatable bonds is 7. The van der Waals surface area contributed by atoms with Crippen LogP contribution in [0.3, 0.4) is 0 Å². The second kappa shape index (κ2) is 8.19. The summed E-state index contributed by atoms with van der Waals surface area (Å²) in [5.41, 5.74) is 3.25. The lowest BCUT2D eigenvalue weighted by Crippen LogP contribution is -2.87. The molecule has 0 fully saturated rings. The summed E-state index contributed by atoms with van der Waals surface area (Å²) < 4.78 is 5.27. The Hall–Kier alpha value is -2.59. The van der Waals surface area contributed by atoms with E-state index in [0.29, 0.717) is 18.2 Å². The molecule has 2 aromatic carbocycles. The number of hydrogen-bond acceptors (Lipinski definition) is 3. The highest BCUT2D eigenvalue weighted by Crippen LogP contribution is 2.26. The summed E-state index contributed by atoms with van der Waals surface area (Å²) in [6.07, 6.45) is 2.85. The van der Waals surface area contributed by atoms with Crippen molar-refractivity contribution >= 4 is 11.0 Å². The van der Waals surface area contributed by atoms with Crippen molar-refractivity contribution in [3.63, 3.8) is 0 Å². The van der Waals surface area contributed by atoms with Crippen molar-refractivity contribution in [3.8, 4) is 5.75 Å². The van der Waals surface area contributed by atoms with Crippen LogP contribution in [-0.2, 0) is 19.4 Å². The first-order valence-corrected chi connectivity index (χ1v) is 9.22. The predicted molar refractivity (Wildman–Crippen MR) is 103 cm³/mol. The van der Waals surface area contributed by atoms with Crippen LogP contribution < -0.4 is 10.9 Å². The molecule has 0 aliphatic heterocycles. The van der Waals surface area contributed by atoms with E-state index in [4.69, 9.17) is 4.42 Å². The molecule has 0 radical (unpaired) electrons. The molecule has 1 atom stereocenters. The number of hydrogen-bond donors (Lipinski definition) is 2. The Morgan fingerprint density at radius 2 is 1.88 bits per heavy atom. The highest BCUT2D eigenvalue weighted by atomic mass is 16.4. The Balaban J connectivity index is 1.72. The fourth-order valence-electron chi connectivity index (χ4n) is 3.24. The largest absolute Gasteiger partial charge is 0.508 e. The maximum absolute atomic E-state index is 11.9. The van der Waals surface area contributed by atoms with Gasteiger partial charge in [0.05, 0.1) is 6.04 Å². The minimum Gasteiger partial charge on any atom is -0.508 e. The number of aromatic hydroxyl groups is 1. The Labute approximate surface area is 153 Å². The first-order chi connectivity index (χ1) is 12.6. The smallest absolute Gasteiger partial charge is 0.336 e. The number of fused-ring (bicyclic) bond motifs is 1. The lowest BCUT2D eigenvalue weighted by Gasteiger charge is -2.12. The van der Waals surface area contributed by atoms with E-state index in [2.05, 4.69) is 36.5 Å². The topological polar surface area (TPSA) is 67.0 Å². The number of phenolic OH excluding ortho intramolecular Hbond substituents is 1. The molecule has 0 aliphatic rings. The average Bonchev–Trinajstić information content (AvgIpc) is 2.64. The Morgan fingerprint density at radius 1 is 1.12 bits per heavy atom. The molecule has 4 nitrogen and oxygen atoms in total. The fourth-order valence-corrected chi connectivity index (χ4v) is 3.24. The van der Waals surface area contributed by atoms with E-state index in [1.807, 2.05) is 19.1 Å². The van der Waals surface area contributed by atoms with Crippen molar-refractivity contribution in [1.82, 2.24) is 0 Å². The molecule has 0 saturated carbocycles. The molecular weight excluding hydrogens is 326 g/mol. The van der Waals surface area contributed by atoms with Gasteiger partial charge in [0, 0.05) is 29.5 Å². The maximum atomic E-state index is 11.9. The number of nitrogens with two attached hydrogens (primary N) is 1. The quantitative estimate of drug-likeness (QED) is 0.642. The van der Waals surface area contributed by atoms with Crippen LogP contribution in [0.25, 0.3) is 11.0 Å². The van der Waals surface area contributed by atoms with Crippen LogP contribution in [0.15, 0.2) is 57.7 Å².